The van der Waals surface area contributed by atoms with Crippen molar-refractivity contribution in [2.75, 3.05) is 0 Å². The zero-order valence-electron chi connectivity index (χ0n) is 13.7. The highest BCUT2D eigenvalue weighted by Crippen LogP contribution is 2.45. The molecular formula is C18H26BrNO. The minimum absolute atomic E-state index is 0.0281. The Morgan fingerprint density at radius 3 is 2.29 bits per heavy atom. The second-order valence-corrected chi connectivity index (χ2v) is 8.92. The van der Waals surface area contributed by atoms with E-state index in [4.69, 9.17) is 0 Å². The summed E-state index contributed by atoms with van der Waals surface area (Å²) in [6.45, 7) is 11.2. The lowest BCUT2D eigenvalue weighted by atomic mass is 9.63. The number of hydrogen-bond donors (Lipinski definition) is 1. The molecule has 1 N–H and O–H groups in total. The predicted octanol–water partition coefficient (Wildman–Crippen LogP) is 5.09. The second-order valence-electron chi connectivity index (χ2n) is 8.07. The van der Waals surface area contributed by atoms with Gasteiger partial charge < -0.3 is 5.32 Å². The Kier molecular flexibility index (Phi) is 4.53. The SMILES string of the molecule is Cc1ccc(C(=O)NC2CC(C)(C)CC(C)(C)C2)c(Br)c1. The van der Waals surface area contributed by atoms with E-state index in [1.807, 2.05) is 25.1 Å². The van der Waals surface area contributed by atoms with Crippen molar-refractivity contribution in [1.29, 1.82) is 0 Å². The molecule has 1 aromatic carbocycles. The largest absolute Gasteiger partial charge is 0.349 e. The number of carbonyl (C=O) groups excluding carboxylic acids is 1. The fourth-order valence-electron chi connectivity index (χ4n) is 4.02. The van der Waals surface area contributed by atoms with Crippen LogP contribution in [0.15, 0.2) is 22.7 Å². The monoisotopic (exact) mass is 351 g/mol. The highest BCUT2D eigenvalue weighted by molar-refractivity contribution is 9.10. The molecule has 0 saturated heterocycles. The number of aryl methyl sites for hydroxylation is 1. The fraction of sp³-hybridized carbons (Fsp3) is 0.611. The van der Waals surface area contributed by atoms with Gasteiger partial charge in [-0.25, -0.2) is 0 Å². The average molecular weight is 352 g/mol. The molecule has 1 aliphatic carbocycles. The molecule has 21 heavy (non-hydrogen) atoms. The van der Waals surface area contributed by atoms with E-state index in [1.54, 1.807) is 0 Å². The lowest BCUT2D eigenvalue weighted by Gasteiger charge is -2.45. The third kappa shape index (κ3) is 4.32. The van der Waals surface area contributed by atoms with Crippen molar-refractivity contribution in [3.63, 3.8) is 0 Å². The van der Waals surface area contributed by atoms with Crippen molar-refractivity contribution >= 4 is 21.8 Å². The lowest BCUT2D eigenvalue weighted by Crippen LogP contribution is -2.46. The van der Waals surface area contributed by atoms with Crippen LogP contribution >= 0.6 is 15.9 Å². The molecule has 3 heteroatoms. The molecule has 0 radical (unpaired) electrons. The minimum Gasteiger partial charge on any atom is -0.349 e. The Morgan fingerprint density at radius 2 is 1.76 bits per heavy atom. The van der Waals surface area contributed by atoms with Crippen LogP contribution in [-0.4, -0.2) is 11.9 Å². The number of amides is 1. The van der Waals surface area contributed by atoms with E-state index in [0.29, 0.717) is 0 Å². The summed E-state index contributed by atoms with van der Waals surface area (Å²) >= 11 is 3.50. The summed E-state index contributed by atoms with van der Waals surface area (Å²) in [4.78, 5) is 12.5. The van der Waals surface area contributed by atoms with Gasteiger partial charge in [0.2, 0.25) is 0 Å². The van der Waals surface area contributed by atoms with Crippen molar-refractivity contribution in [3.05, 3.63) is 33.8 Å². The average Bonchev–Trinajstić information content (AvgIpc) is 2.23. The van der Waals surface area contributed by atoms with Gasteiger partial charge in [-0.2, -0.15) is 0 Å². The van der Waals surface area contributed by atoms with Crippen molar-refractivity contribution in [3.8, 4) is 0 Å². The number of benzene rings is 1. The van der Waals surface area contributed by atoms with Crippen LogP contribution in [0.3, 0.4) is 0 Å². The summed E-state index contributed by atoms with van der Waals surface area (Å²) in [6, 6.07) is 6.12. The Morgan fingerprint density at radius 1 is 1.19 bits per heavy atom. The number of nitrogens with one attached hydrogen (secondary N) is 1. The molecule has 0 bridgehead atoms. The molecule has 0 spiro atoms. The first-order valence-electron chi connectivity index (χ1n) is 7.65. The van der Waals surface area contributed by atoms with Gasteiger partial charge in [-0.15, -0.1) is 0 Å². The smallest absolute Gasteiger partial charge is 0.252 e. The van der Waals surface area contributed by atoms with E-state index in [0.717, 1.165) is 28.4 Å². The Balaban J connectivity index is 2.12. The van der Waals surface area contributed by atoms with Gasteiger partial charge in [0.15, 0.2) is 0 Å². The van der Waals surface area contributed by atoms with E-state index in [1.165, 1.54) is 6.42 Å². The quantitative estimate of drug-likeness (QED) is 0.789. The molecule has 1 saturated carbocycles. The summed E-state index contributed by atoms with van der Waals surface area (Å²) in [5.41, 5.74) is 2.44. The molecule has 1 fully saturated rings. The standard InChI is InChI=1S/C18H26BrNO/c1-12-6-7-14(15(19)8-12)16(21)20-13-9-17(2,3)11-18(4,5)10-13/h6-8,13H,9-11H2,1-5H3,(H,20,21). The molecule has 0 heterocycles. The molecule has 2 rings (SSSR count). The van der Waals surface area contributed by atoms with Crippen LogP contribution in [0.25, 0.3) is 0 Å². The molecule has 116 valence electrons. The molecular weight excluding hydrogens is 326 g/mol. The second kappa shape index (κ2) is 5.75. The van der Waals surface area contributed by atoms with Gasteiger partial charge >= 0.3 is 0 Å². The molecule has 2 nitrogen and oxygen atoms in total. The van der Waals surface area contributed by atoms with Crippen LogP contribution in [0, 0.1) is 17.8 Å². The highest BCUT2D eigenvalue weighted by atomic mass is 79.9. The summed E-state index contributed by atoms with van der Waals surface area (Å²) in [5.74, 6) is 0.0281. The Labute approximate surface area is 136 Å². The van der Waals surface area contributed by atoms with Crippen LogP contribution < -0.4 is 5.32 Å². The fourth-order valence-corrected chi connectivity index (χ4v) is 4.69. The van der Waals surface area contributed by atoms with Crippen LogP contribution in [0.5, 0.6) is 0 Å². The first-order valence-corrected chi connectivity index (χ1v) is 8.44. The van der Waals surface area contributed by atoms with E-state index >= 15 is 0 Å². The number of rotatable bonds is 2. The van der Waals surface area contributed by atoms with Crippen molar-refractivity contribution in [1.82, 2.24) is 5.32 Å². The van der Waals surface area contributed by atoms with E-state index < -0.39 is 0 Å². The van der Waals surface area contributed by atoms with Crippen LogP contribution in [0.1, 0.15) is 62.9 Å². The van der Waals surface area contributed by atoms with Gasteiger partial charge in [0, 0.05) is 10.5 Å². The highest BCUT2D eigenvalue weighted by Gasteiger charge is 2.39. The van der Waals surface area contributed by atoms with Crippen molar-refractivity contribution < 1.29 is 4.79 Å². The van der Waals surface area contributed by atoms with Crippen molar-refractivity contribution in [2.24, 2.45) is 10.8 Å². The topological polar surface area (TPSA) is 29.1 Å². The third-order valence-corrected chi connectivity index (χ3v) is 4.92. The molecule has 0 atom stereocenters. The maximum Gasteiger partial charge on any atom is 0.252 e. The van der Waals surface area contributed by atoms with Crippen LogP contribution in [-0.2, 0) is 0 Å². The van der Waals surface area contributed by atoms with Gasteiger partial charge in [-0.05, 0) is 70.6 Å². The molecule has 1 aliphatic rings. The van der Waals surface area contributed by atoms with E-state index in [2.05, 4.69) is 48.9 Å². The summed E-state index contributed by atoms with van der Waals surface area (Å²) in [6.07, 6.45) is 3.30. The van der Waals surface area contributed by atoms with E-state index in [-0.39, 0.29) is 22.8 Å². The number of halogens is 1. The maximum atomic E-state index is 12.5. The van der Waals surface area contributed by atoms with Gasteiger partial charge in [-0.1, -0.05) is 33.8 Å². The Hall–Kier alpha value is -0.830. The van der Waals surface area contributed by atoms with Gasteiger partial charge in [0.25, 0.3) is 5.91 Å². The van der Waals surface area contributed by atoms with Crippen LogP contribution in [0.4, 0.5) is 0 Å². The molecule has 1 aromatic rings. The van der Waals surface area contributed by atoms with Crippen molar-refractivity contribution in [2.45, 2.75) is 59.9 Å². The zero-order chi connectivity index (χ0) is 15.8. The zero-order valence-corrected chi connectivity index (χ0v) is 15.3. The first-order chi connectivity index (χ1) is 9.58. The molecule has 0 unspecified atom stereocenters. The lowest BCUT2D eigenvalue weighted by molar-refractivity contribution is 0.0713. The van der Waals surface area contributed by atoms with Crippen LogP contribution in [0.2, 0.25) is 0 Å². The molecule has 0 aromatic heterocycles. The summed E-state index contributed by atoms with van der Waals surface area (Å²) < 4.78 is 0.870. The first kappa shape index (κ1) is 16.5. The number of carbonyl (C=O) groups is 1. The Bertz CT molecular complexity index is 532. The third-order valence-electron chi connectivity index (χ3n) is 4.26. The maximum absolute atomic E-state index is 12.5. The molecule has 1 amide bonds. The number of hydrogen-bond acceptors (Lipinski definition) is 1. The summed E-state index contributed by atoms with van der Waals surface area (Å²) in [7, 11) is 0. The van der Waals surface area contributed by atoms with Gasteiger partial charge in [0.05, 0.1) is 5.56 Å². The van der Waals surface area contributed by atoms with Gasteiger partial charge in [-0.3, -0.25) is 4.79 Å². The minimum atomic E-state index is 0.0281. The normalized spacial score (nSPS) is 21.0. The van der Waals surface area contributed by atoms with Gasteiger partial charge in [0.1, 0.15) is 0 Å². The van der Waals surface area contributed by atoms with E-state index in [9.17, 15) is 4.79 Å². The predicted molar refractivity (Wildman–Crippen MR) is 91.5 cm³/mol. The molecule has 0 aliphatic heterocycles. The summed E-state index contributed by atoms with van der Waals surface area (Å²) in [5, 5.41) is 3.24.